The third-order valence-corrected chi connectivity index (χ3v) is 2.58. The predicted molar refractivity (Wildman–Crippen MR) is 68.6 cm³/mol. The van der Waals surface area contributed by atoms with E-state index in [1.165, 1.54) is 0 Å². The van der Waals surface area contributed by atoms with Crippen molar-refractivity contribution in [1.82, 2.24) is 19.9 Å². The molecule has 0 aromatic carbocycles. The van der Waals surface area contributed by atoms with Crippen LogP contribution in [0.4, 0.5) is 0 Å². The van der Waals surface area contributed by atoms with Crippen LogP contribution in [0.25, 0.3) is 0 Å². The minimum absolute atomic E-state index is 0. The van der Waals surface area contributed by atoms with Crippen LogP contribution in [0.5, 0.6) is 0 Å². The molecule has 1 radical (unpaired) electrons. The number of aromatic amines is 1. The van der Waals surface area contributed by atoms with Crippen LogP contribution in [0.2, 0.25) is 0 Å². The first kappa shape index (κ1) is 14.7. The van der Waals surface area contributed by atoms with E-state index in [0.29, 0.717) is 4.77 Å². The first-order chi connectivity index (χ1) is 8.22. The Kier molecular flexibility index (Phi) is 5.39. The summed E-state index contributed by atoms with van der Waals surface area (Å²) in [5.74, 6) is 0.810. The molecule has 7 heteroatoms. The van der Waals surface area contributed by atoms with Crippen molar-refractivity contribution in [3.05, 3.63) is 40.7 Å². The molecule has 0 bridgehead atoms. The summed E-state index contributed by atoms with van der Waals surface area (Å²) < 4.78 is 2.14. The molecular formula is C11H13CoN5S+2. The molecule has 0 saturated carbocycles. The van der Waals surface area contributed by atoms with Gasteiger partial charge in [-0.05, 0) is 31.3 Å². The van der Waals surface area contributed by atoms with Crippen molar-refractivity contribution in [2.75, 3.05) is 0 Å². The van der Waals surface area contributed by atoms with Crippen LogP contribution in [0.15, 0.2) is 29.5 Å². The van der Waals surface area contributed by atoms with Crippen molar-refractivity contribution in [2.45, 2.75) is 20.3 Å². The van der Waals surface area contributed by atoms with Gasteiger partial charge < -0.3 is 0 Å². The largest absolute Gasteiger partial charge is 2.00 e. The van der Waals surface area contributed by atoms with Gasteiger partial charge in [0.05, 0.1) is 11.4 Å². The SMILES string of the molecule is CCc1n[nH]c(=S)n1/N=C(\C)c1ccccn1.[Co+2]. The van der Waals surface area contributed by atoms with Crippen LogP contribution in [0.3, 0.4) is 0 Å². The molecule has 0 amide bonds. The topological polar surface area (TPSA) is 58.9 Å². The molecule has 0 saturated heterocycles. The van der Waals surface area contributed by atoms with E-state index in [-0.39, 0.29) is 16.8 Å². The number of aromatic nitrogens is 4. The smallest absolute Gasteiger partial charge is 0.255 e. The van der Waals surface area contributed by atoms with Crippen molar-refractivity contribution in [3.8, 4) is 0 Å². The van der Waals surface area contributed by atoms with Crippen LogP contribution in [0, 0.1) is 4.77 Å². The summed E-state index contributed by atoms with van der Waals surface area (Å²) in [6, 6.07) is 5.71. The Hall–Kier alpha value is -1.31. The fourth-order valence-corrected chi connectivity index (χ4v) is 1.63. The van der Waals surface area contributed by atoms with E-state index in [4.69, 9.17) is 12.2 Å². The molecule has 2 aromatic heterocycles. The molecule has 0 aliphatic rings. The van der Waals surface area contributed by atoms with Gasteiger partial charge in [0.25, 0.3) is 0 Å². The molecule has 0 atom stereocenters. The number of aryl methyl sites for hydroxylation is 1. The van der Waals surface area contributed by atoms with Crippen molar-refractivity contribution < 1.29 is 16.8 Å². The van der Waals surface area contributed by atoms with Gasteiger partial charge in [-0.2, -0.15) is 14.9 Å². The fraction of sp³-hybridized carbons (Fsp3) is 0.273. The fourth-order valence-electron chi connectivity index (χ4n) is 1.43. The number of hydrogen-bond acceptors (Lipinski definition) is 4. The van der Waals surface area contributed by atoms with Gasteiger partial charge in [0.2, 0.25) is 4.77 Å². The molecule has 0 spiro atoms. The molecule has 0 aliphatic carbocycles. The second kappa shape index (κ2) is 6.57. The Balaban J connectivity index is 0.00000162. The summed E-state index contributed by atoms with van der Waals surface area (Å²) in [5.41, 5.74) is 1.63. The Morgan fingerprint density at radius 2 is 2.28 bits per heavy atom. The monoisotopic (exact) mass is 306 g/mol. The first-order valence-electron chi connectivity index (χ1n) is 5.35. The van der Waals surface area contributed by atoms with Gasteiger partial charge in [0.15, 0.2) is 5.82 Å². The number of pyridine rings is 1. The van der Waals surface area contributed by atoms with Crippen molar-refractivity contribution in [3.63, 3.8) is 0 Å². The normalized spacial score (nSPS) is 11.1. The molecule has 2 heterocycles. The average Bonchev–Trinajstić information content (AvgIpc) is 2.71. The quantitative estimate of drug-likeness (QED) is 0.698. The maximum atomic E-state index is 5.12. The summed E-state index contributed by atoms with van der Waals surface area (Å²) in [6.45, 7) is 3.91. The second-order valence-corrected chi connectivity index (χ2v) is 3.90. The van der Waals surface area contributed by atoms with E-state index < -0.39 is 0 Å². The number of nitrogens with zero attached hydrogens (tertiary/aromatic N) is 4. The summed E-state index contributed by atoms with van der Waals surface area (Å²) >= 11 is 5.12. The summed E-state index contributed by atoms with van der Waals surface area (Å²) in [5, 5.41) is 11.3. The number of H-pyrrole nitrogens is 1. The van der Waals surface area contributed by atoms with Crippen LogP contribution in [-0.2, 0) is 23.2 Å². The van der Waals surface area contributed by atoms with Gasteiger partial charge in [0, 0.05) is 12.6 Å². The number of hydrogen-bond donors (Lipinski definition) is 1. The second-order valence-electron chi connectivity index (χ2n) is 3.51. The van der Waals surface area contributed by atoms with E-state index in [2.05, 4.69) is 20.3 Å². The first-order valence-corrected chi connectivity index (χ1v) is 5.76. The molecule has 2 rings (SSSR count). The number of nitrogens with one attached hydrogen (secondary N) is 1. The zero-order chi connectivity index (χ0) is 12.3. The molecule has 5 nitrogen and oxygen atoms in total. The number of rotatable bonds is 3. The Labute approximate surface area is 121 Å². The van der Waals surface area contributed by atoms with Gasteiger partial charge in [-0.1, -0.05) is 13.0 Å². The third kappa shape index (κ3) is 3.12. The molecule has 0 aliphatic heterocycles. The van der Waals surface area contributed by atoms with Gasteiger partial charge in [-0.3, -0.25) is 10.1 Å². The Bertz CT molecular complexity index is 587. The maximum Gasteiger partial charge on any atom is 2.00 e. The Morgan fingerprint density at radius 1 is 1.50 bits per heavy atom. The van der Waals surface area contributed by atoms with Crippen LogP contribution in [-0.4, -0.2) is 25.6 Å². The zero-order valence-corrected chi connectivity index (χ0v) is 11.9. The van der Waals surface area contributed by atoms with Crippen molar-refractivity contribution in [1.29, 1.82) is 0 Å². The third-order valence-electron chi connectivity index (χ3n) is 2.32. The molecule has 2 aromatic rings. The molecule has 18 heavy (non-hydrogen) atoms. The standard InChI is InChI=1S/C11H13N5S.Co/c1-3-10-13-14-11(17)16(10)15-8(2)9-6-4-5-7-12-9;/h4-7H,3H2,1-2H3,(H,14,17);/q;+2/b15-8+;. The molecule has 0 fully saturated rings. The predicted octanol–water partition coefficient (Wildman–Crippen LogP) is 2.17. The molecule has 1 N–H and O–H groups in total. The average molecular weight is 306 g/mol. The summed E-state index contributed by atoms with van der Waals surface area (Å²) in [4.78, 5) is 4.24. The van der Waals surface area contributed by atoms with E-state index >= 15 is 0 Å². The van der Waals surface area contributed by atoms with Gasteiger partial charge in [-0.25, -0.2) is 0 Å². The van der Waals surface area contributed by atoms with Crippen molar-refractivity contribution >= 4 is 17.9 Å². The van der Waals surface area contributed by atoms with Crippen LogP contribution < -0.4 is 0 Å². The minimum atomic E-state index is 0. The Morgan fingerprint density at radius 3 is 2.89 bits per heavy atom. The van der Waals surface area contributed by atoms with E-state index in [1.54, 1.807) is 10.9 Å². The van der Waals surface area contributed by atoms with Gasteiger partial charge in [-0.15, -0.1) is 0 Å². The van der Waals surface area contributed by atoms with E-state index in [1.807, 2.05) is 32.0 Å². The van der Waals surface area contributed by atoms with Gasteiger partial charge in [0.1, 0.15) is 0 Å². The summed E-state index contributed by atoms with van der Waals surface area (Å²) in [6.07, 6.45) is 2.51. The van der Waals surface area contributed by atoms with Gasteiger partial charge >= 0.3 is 16.8 Å². The molecule has 0 unspecified atom stereocenters. The van der Waals surface area contributed by atoms with E-state index in [9.17, 15) is 0 Å². The zero-order valence-electron chi connectivity index (χ0n) is 10.0. The molecule has 95 valence electrons. The van der Waals surface area contributed by atoms with Crippen LogP contribution in [0.1, 0.15) is 25.4 Å². The van der Waals surface area contributed by atoms with E-state index in [0.717, 1.165) is 23.7 Å². The summed E-state index contributed by atoms with van der Waals surface area (Å²) in [7, 11) is 0. The maximum absolute atomic E-state index is 5.12. The van der Waals surface area contributed by atoms with Crippen LogP contribution >= 0.6 is 12.2 Å². The van der Waals surface area contributed by atoms with Crippen molar-refractivity contribution in [2.24, 2.45) is 5.10 Å². The molecular weight excluding hydrogens is 293 g/mol. The minimum Gasteiger partial charge on any atom is -0.255 e.